The first-order valence-electron chi connectivity index (χ1n) is 7.02. The third-order valence-electron chi connectivity index (χ3n) is 3.64. The first-order chi connectivity index (χ1) is 10.6. The molecule has 0 amide bonds. The van der Waals surface area contributed by atoms with E-state index in [-0.39, 0.29) is 5.97 Å². The molecule has 0 saturated heterocycles. The Morgan fingerprint density at radius 2 is 2.14 bits per heavy atom. The number of allylic oxidation sites excluding steroid dienone is 2. The van der Waals surface area contributed by atoms with Gasteiger partial charge in [0.25, 0.3) is 0 Å². The van der Waals surface area contributed by atoms with Crippen molar-refractivity contribution < 1.29 is 9.53 Å². The highest BCUT2D eigenvalue weighted by molar-refractivity contribution is 6.30. The molecule has 0 aromatic heterocycles. The number of aliphatic imine (C=N–C) groups is 1. The van der Waals surface area contributed by atoms with Gasteiger partial charge in [0, 0.05) is 16.9 Å². The van der Waals surface area contributed by atoms with Crippen LogP contribution < -0.4 is 5.43 Å². The van der Waals surface area contributed by atoms with Crippen molar-refractivity contribution >= 4 is 23.8 Å². The second-order valence-electron chi connectivity index (χ2n) is 5.07. The van der Waals surface area contributed by atoms with Crippen LogP contribution in [0.4, 0.5) is 0 Å². The van der Waals surface area contributed by atoms with E-state index in [2.05, 4.69) is 10.4 Å². The number of esters is 1. The number of benzene rings is 1. The van der Waals surface area contributed by atoms with Gasteiger partial charge in [-0.15, -0.1) is 0 Å². The van der Waals surface area contributed by atoms with Gasteiger partial charge in [-0.2, -0.15) is 0 Å². The number of rotatable bonds is 3. The molecule has 2 aliphatic rings. The lowest BCUT2D eigenvalue weighted by molar-refractivity contribution is -0.150. The maximum atomic E-state index is 12.6. The summed E-state index contributed by atoms with van der Waals surface area (Å²) < 4.78 is 5.28. The number of carbonyl (C=O) groups excluding carboxylic acids is 1. The maximum absolute atomic E-state index is 12.6. The Labute approximate surface area is 133 Å². The molecule has 1 N–H and O–H groups in total. The summed E-state index contributed by atoms with van der Waals surface area (Å²) in [6.07, 6.45) is 5.36. The Kier molecular flexibility index (Phi) is 3.76. The van der Waals surface area contributed by atoms with Crippen molar-refractivity contribution in [2.24, 2.45) is 4.99 Å². The van der Waals surface area contributed by atoms with Crippen LogP contribution in [0.15, 0.2) is 52.9 Å². The fourth-order valence-electron chi connectivity index (χ4n) is 2.51. The molecule has 1 aromatic rings. The Hall–Kier alpha value is -2.11. The lowest BCUT2D eigenvalue weighted by Gasteiger charge is -2.30. The van der Waals surface area contributed by atoms with E-state index in [0.29, 0.717) is 17.5 Å². The quantitative estimate of drug-likeness (QED) is 0.871. The van der Waals surface area contributed by atoms with E-state index < -0.39 is 5.54 Å². The number of nitrogens with zero attached hydrogens (tertiary/aromatic N) is 2. The summed E-state index contributed by atoms with van der Waals surface area (Å²) in [4.78, 5) is 17.0. The number of hydrogen-bond acceptors (Lipinski definition) is 5. The highest BCUT2D eigenvalue weighted by Crippen LogP contribution is 2.36. The van der Waals surface area contributed by atoms with E-state index >= 15 is 0 Å². The number of hydrogen-bond donors (Lipinski definition) is 1. The summed E-state index contributed by atoms with van der Waals surface area (Å²) in [5.41, 5.74) is 3.81. The first kappa shape index (κ1) is 14.8. The highest BCUT2D eigenvalue weighted by Gasteiger charge is 2.47. The van der Waals surface area contributed by atoms with Gasteiger partial charge in [-0.3, -0.25) is 5.01 Å². The monoisotopic (exact) mass is 317 g/mol. The molecular weight excluding hydrogens is 302 g/mol. The molecule has 3 rings (SSSR count). The molecule has 0 saturated carbocycles. The molecule has 0 aliphatic carbocycles. The van der Waals surface area contributed by atoms with Crippen LogP contribution in [0.5, 0.6) is 0 Å². The molecule has 0 radical (unpaired) electrons. The zero-order valence-electron chi connectivity index (χ0n) is 12.3. The smallest absolute Gasteiger partial charge is 0.336 e. The van der Waals surface area contributed by atoms with Crippen molar-refractivity contribution in [3.63, 3.8) is 0 Å². The summed E-state index contributed by atoms with van der Waals surface area (Å²) in [6.45, 7) is 4.03. The van der Waals surface area contributed by atoms with E-state index in [9.17, 15) is 4.79 Å². The summed E-state index contributed by atoms with van der Waals surface area (Å²) in [6, 6.07) is 7.12. The van der Waals surface area contributed by atoms with E-state index in [1.54, 1.807) is 36.4 Å². The fraction of sp³-hybridized carbons (Fsp3) is 0.250. The maximum Gasteiger partial charge on any atom is 0.336 e. The van der Waals surface area contributed by atoms with Crippen LogP contribution in [0.3, 0.4) is 0 Å². The van der Waals surface area contributed by atoms with Gasteiger partial charge in [-0.25, -0.2) is 15.2 Å². The standard InChI is InChI=1S/C16H16ClN3O2/c1-3-22-15(21)16(12-4-6-13(17)7-5-12)10-14-18-9-8-11(2)20(14)19-16/h4-10,19H,3H2,1-2H3. The van der Waals surface area contributed by atoms with Crippen molar-refractivity contribution in [2.45, 2.75) is 19.4 Å². The predicted molar refractivity (Wildman–Crippen MR) is 85.1 cm³/mol. The van der Waals surface area contributed by atoms with Gasteiger partial charge in [-0.1, -0.05) is 23.7 Å². The SMILES string of the molecule is CCOC(=O)C1(c2ccc(Cl)cc2)C=C2N=CC=C(C)N2N1. The lowest BCUT2D eigenvalue weighted by Crippen LogP contribution is -2.50. The van der Waals surface area contributed by atoms with E-state index in [1.165, 1.54) is 0 Å². The summed E-state index contributed by atoms with van der Waals surface area (Å²) in [5.74, 6) is 0.297. The topological polar surface area (TPSA) is 53.9 Å². The van der Waals surface area contributed by atoms with E-state index in [0.717, 1.165) is 11.3 Å². The van der Waals surface area contributed by atoms with Gasteiger partial charge in [-0.05, 0) is 43.7 Å². The van der Waals surface area contributed by atoms with Gasteiger partial charge in [0.15, 0.2) is 5.54 Å². The third-order valence-corrected chi connectivity index (χ3v) is 3.89. The average molecular weight is 318 g/mol. The molecule has 0 bridgehead atoms. The molecule has 1 aromatic carbocycles. The van der Waals surface area contributed by atoms with E-state index in [4.69, 9.17) is 16.3 Å². The van der Waals surface area contributed by atoms with Gasteiger partial charge in [0.05, 0.1) is 6.61 Å². The van der Waals surface area contributed by atoms with E-state index in [1.807, 2.05) is 25.1 Å². The zero-order chi connectivity index (χ0) is 15.7. The number of carbonyl (C=O) groups is 1. The number of nitrogens with one attached hydrogen (secondary N) is 1. The Bertz CT molecular complexity index is 694. The molecule has 0 spiro atoms. The highest BCUT2D eigenvalue weighted by atomic mass is 35.5. The molecule has 114 valence electrons. The van der Waals surface area contributed by atoms with Crippen LogP contribution in [0, 0.1) is 0 Å². The van der Waals surface area contributed by atoms with Gasteiger partial charge in [0.2, 0.25) is 0 Å². The Morgan fingerprint density at radius 3 is 2.77 bits per heavy atom. The van der Waals surface area contributed by atoms with Crippen LogP contribution in [0.2, 0.25) is 5.02 Å². The van der Waals surface area contributed by atoms with Crippen molar-refractivity contribution in [1.82, 2.24) is 10.4 Å². The molecule has 22 heavy (non-hydrogen) atoms. The lowest BCUT2D eigenvalue weighted by atomic mass is 9.91. The van der Waals surface area contributed by atoms with Crippen molar-refractivity contribution in [2.75, 3.05) is 6.61 Å². The normalized spacial score (nSPS) is 23.0. The average Bonchev–Trinajstić information content (AvgIpc) is 2.90. The van der Waals surface area contributed by atoms with Crippen LogP contribution in [0.25, 0.3) is 0 Å². The van der Waals surface area contributed by atoms with Gasteiger partial charge >= 0.3 is 5.97 Å². The number of fused-ring (bicyclic) bond motifs is 1. The molecule has 5 nitrogen and oxygen atoms in total. The molecule has 2 heterocycles. The second-order valence-corrected chi connectivity index (χ2v) is 5.51. The molecular formula is C16H16ClN3O2. The number of ether oxygens (including phenoxy) is 1. The number of halogens is 1. The molecule has 6 heteroatoms. The zero-order valence-corrected chi connectivity index (χ0v) is 13.1. The Balaban J connectivity index is 2.09. The van der Waals surface area contributed by atoms with Crippen LogP contribution in [0.1, 0.15) is 19.4 Å². The molecule has 0 fully saturated rings. The van der Waals surface area contributed by atoms with Crippen molar-refractivity contribution in [3.8, 4) is 0 Å². The van der Waals surface area contributed by atoms with Crippen LogP contribution >= 0.6 is 11.6 Å². The summed E-state index contributed by atoms with van der Waals surface area (Å²) in [5, 5.41) is 2.39. The van der Waals surface area contributed by atoms with Gasteiger partial charge in [0.1, 0.15) is 5.82 Å². The minimum atomic E-state index is -1.10. The Morgan fingerprint density at radius 1 is 1.41 bits per heavy atom. The van der Waals surface area contributed by atoms with Gasteiger partial charge < -0.3 is 4.74 Å². The third kappa shape index (κ3) is 2.32. The fourth-order valence-corrected chi connectivity index (χ4v) is 2.64. The first-order valence-corrected chi connectivity index (χ1v) is 7.39. The summed E-state index contributed by atoms with van der Waals surface area (Å²) >= 11 is 5.95. The van der Waals surface area contributed by atoms with Crippen LogP contribution in [-0.2, 0) is 15.1 Å². The minimum Gasteiger partial charge on any atom is -0.464 e. The van der Waals surface area contributed by atoms with Crippen LogP contribution in [-0.4, -0.2) is 23.8 Å². The number of hydrazine groups is 1. The second kappa shape index (κ2) is 5.59. The minimum absolute atomic E-state index is 0.303. The molecule has 1 unspecified atom stereocenters. The predicted octanol–water partition coefficient (Wildman–Crippen LogP) is 2.75. The molecule has 1 atom stereocenters. The summed E-state index contributed by atoms with van der Waals surface area (Å²) in [7, 11) is 0. The largest absolute Gasteiger partial charge is 0.464 e. The van der Waals surface area contributed by atoms with Crippen molar-refractivity contribution in [1.29, 1.82) is 0 Å². The molecule has 2 aliphatic heterocycles. The van der Waals surface area contributed by atoms with Crippen molar-refractivity contribution in [3.05, 3.63) is 58.5 Å².